The van der Waals surface area contributed by atoms with Gasteiger partial charge in [0, 0.05) is 6.04 Å². The molecule has 2 bridgehead atoms. The van der Waals surface area contributed by atoms with Gasteiger partial charge in [0.05, 0.1) is 37.1 Å². The fraction of sp³-hybridized carbons (Fsp3) is 0.583. The van der Waals surface area contributed by atoms with E-state index in [1.54, 1.807) is 7.11 Å². The van der Waals surface area contributed by atoms with Crippen LogP contribution in [0.5, 0.6) is 5.75 Å². The average molecular weight is 411 g/mol. The molecule has 6 nitrogen and oxygen atoms in total. The Morgan fingerprint density at radius 1 is 1.30 bits per heavy atom. The summed E-state index contributed by atoms with van der Waals surface area (Å²) in [5.41, 5.74) is 0.0138. The topological polar surface area (TPSA) is 67.9 Å². The van der Waals surface area contributed by atoms with Crippen molar-refractivity contribution >= 4 is 11.8 Å². The highest BCUT2D eigenvalue weighted by atomic mass is 16.5. The van der Waals surface area contributed by atoms with Crippen molar-refractivity contribution in [3.05, 3.63) is 42.0 Å². The third kappa shape index (κ3) is 2.73. The van der Waals surface area contributed by atoms with Gasteiger partial charge in [-0.25, -0.2) is 0 Å². The van der Waals surface area contributed by atoms with E-state index in [2.05, 4.69) is 11.4 Å². The van der Waals surface area contributed by atoms with Crippen LogP contribution in [0.4, 0.5) is 0 Å². The second-order valence-electron chi connectivity index (χ2n) is 9.47. The fourth-order valence-corrected chi connectivity index (χ4v) is 5.97. The molecule has 1 aliphatic carbocycles. The van der Waals surface area contributed by atoms with Gasteiger partial charge >= 0.3 is 0 Å². The molecule has 3 fully saturated rings. The van der Waals surface area contributed by atoms with Crippen LogP contribution in [-0.4, -0.2) is 48.1 Å². The maximum atomic E-state index is 13.7. The monoisotopic (exact) mass is 410 g/mol. The normalized spacial score (nSPS) is 33.4. The van der Waals surface area contributed by atoms with Gasteiger partial charge in [0.25, 0.3) is 0 Å². The summed E-state index contributed by atoms with van der Waals surface area (Å²) in [5.74, 6) is -0.150. The molecule has 6 heteroatoms. The molecule has 1 aromatic carbocycles. The number of hydrogen-bond acceptors (Lipinski definition) is 4. The first-order chi connectivity index (χ1) is 14.4. The zero-order chi connectivity index (χ0) is 21.1. The smallest absolute Gasteiger partial charge is 0.230 e. The molecule has 2 saturated heterocycles. The molecule has 4 atom stereocenters. The van der Waals surface area contributed by atoms with Crippen molar-refractivity contribution < 1.29 is 19.1 Å². The summed E-state index contributed by atoms with van der Waals surface area (Å²) >= 11 is 0. The number of rotatable bonds is 5. The highest BCUT2D eigenvalue weighted by Gasteiger charge is 2.67. The number of carbonyl (C=O) groups is 2. The summed E-state index contributed by atoms with van der Waals surface area (Å²) in [7, 11) is 1.66. The Kier molecular flexibility index (Phi) is 4.47. The van der Waals surface area contributed by atoms with E-state index >= 15 is 0 Å². The average Bonchev–Trinajstić information content (AvgIpc) is 3.49. The molecule has 0 unspecified atom stereocenters. The van der Waals surface area contributed by atoms with Crippen molar-refractivity contribution in [2.24, 2.45) is 11.8 Å². The van der Waals surface area contributed by atoms with Crippen LogP contribution in [0.3, 0.4) is 0 Å². The molecule has 5 rings (SSSR count). The van der Waals surface area contributed by atoms with Crippen molar-refractivity contribution in [1.29, 1.82) is 0 Å². The zero-order valence-corrected chi connectivity index (χ0v) is 17.9. The standard InChI is InChI=1S/C24H30N2O4/c1-15(2)26-14-24-12-9-18(30-24)19(20(24)22(26)28)21(27)25-23(10-4-5-11-23)16-7-6-8-17(13-16)29-3/h6-9,12-13,15,18-20H,4-5,10-11,14H2,1-3H3,(H,25,27)/t18-,19-,20+,24-/m0/s1. The first-order valence-electron chi connectivity index (χ1n) is 11.0. The predicted molar refractivity (Wildman–Crippen MR) is 112 cm³/mol. The second-order valence-corrected chi connectivity index (χ2v) is 9.47. The Balaban J connectivity index is 1.44. The SMILES string of the molecule is COc1cccc(C2(NC(=O)[C@H]3[C@@H]4C=C[C@@]5(CN(C(C)C)C(=O)[C@@H]35)O4)CCCC2)c1. The molecular formula is C24H30N2O4. The number of benzene rings is 1. The van der Waals surface area contributed by atoms with E-state index in [1.807, 2.05) is 49.1 Å². The summed E-state index contributed by atoms with van der Waals surface area (Å²) in [5, 5.41) is 3.38. The van der Waals surface area contributed by atoms with E-state index in [-0.39, 0.29) is 24.0 Å². The highest BCUT2D eigenvalue weighted by molar-refractivity contribution is 5.93. The molecule has 0 radical (unpaired) electrons. The van der Waals surface area contributed by atoms with E-state index < -0.39 is 23.0 Å². The summed E-state index contributed by atoms with van der Waals surface area (Å²) in [4.78, 5) is 28.7. The van der Waals surface area contributed by atoms with E-state index in [9.17, 15) is 9.59 Å². The molecule has 1 N–H and O–H groups in total. The lowest BCUT2D eigenvalue weighted by molar-refractivity contribution is -0.139. The number of amides is 2. The van der Waals surface area contributed by atoms with Crippen LogP contribution < -0.4 is 10.1 Å². The summed E-state index contributed by atoms with van der Waals surface area (Å²) in [6, 6.07) is 8.07. The Labute approximate surface area is 177 Å². The van der Waals surface area contributed by atoms with Crippen LogP contribution in [0.1, 0.15) is 45.1 Å². The number of nitrogens with one attached hydrogen (secondary N) is 1. The zero-order valence-electron chi connectivity index (χ0n) is 17.9. The molecular weight excluding hydrogens is 380 g/mol. The number of methoxy groups -OCH3 is 1. The van der Waals surface area contributed by atoms with Gasteiger partial charge in [-0.15, -0.1) is 0 Å². The molecule has 3 aliphatic heterocycles. The first kappa shape index (κ1) is 19.6. The maximum absolute atomic E-state index is 13.7. The van der Waals surface area contributed by atoms with Crippen LogP contribution in [0.25, 0.3) is 0 Å². The Bertz CT molecular complexity index is 904. The lowest BCUT2D eigenvalue weighted by Crippen LogP contribution is -2.51. The van der Waals surface area contributed by atoms with E-state index in [0.717, 1.165) is 37.0 Å². The third-order valence-electron chi connectivity index (χ3n) is 7.50. The van der Waals surface area contributed by atoms with Crippen molar-refractivity contribution in [2.75, 3.05) is 13.7 Å². The minimum atomic E-state index is -0.646. The van der Waals surface area contributed by atoms with Gasteiger partial charge in [0.1, 0.15) is 11.4 Å². The quantitative estimate of drug-likeness (QED) is 0.758. The molecule has 160 valence electrons. The number of fused-ring (bicyclic) bond motifs is 1. The van der Waals surface area contributed by atoms with Crippen LogP contribution >= 0.6 is 0 Å². The molecule has 1 saturated carbocycles. The Morgan fingerprint density at radius 3 is 2.77 bits per heavy atom. The minimum absolute atomic E-state index is 0.0406. The third-order valence-corrected chi connectivity index (χ3v) is 7.50. The van der Waals surface area contributed by atoms with Gasteiger partial charge < -0.3 is 19.7 Å². The highest BCUT2D eigenvalue weighted by Crippen LogP contribution is 2.52. The van der Waals surface area contributed by atoms with Gasteiger partial charge in [-0.3, -0.25) is 9.59 Å². The van der Waals surface area contributed by atoms with E-state index in [4.69, 9.17) is 9.47 Å². The number of carbonyl (C=O) groups excluding carboxylic acids is 2. The number of hydrogen-bond donors (Lipinski definition) is 1. The summed E-state index contributed by atoms with van der Waals surface area (Å²) in [6.07, 6.45) is 7.58. The van der Waals surface area contributed by atoms with Gasteiger partial charge in [-0.05, 0) is 44.4 Å². The molecule has 0 aromatic heterocycles. The molecule has 1 spiro atoms. The van der Waals surface area contributed by atoms with Crippen molar-refractivity contribution in [3.63, 3.8) is 0 Å². The lowest BCUT2D eigenvalue weighted by Gasteiger charge is -2.34. The Morgan fingerprint density at radius 2 is 2.07 bits per heavy atom. The van der Waals surface area contributed by atoms with E-state index in [1.165, 1.54) is 0 Å². The van der Waals surface area contributed by atoms with Gasteiger partial charge in [0.2, 0.25) is 11.8 Å². The predicted octanol–water partition coefficient (Wildman–Crippen LogP) is 2.77. The number of nitrogens with zero attached hydrogens (tertiary/aromatic N) is 1. The van der Waals surface area contributed by atoms with Gasteiger partial charge in [0.15, 0.2) is 0 Å². The van der Waals surface area contributed by atoms with Gasteiger partial charge in [-0.2, -0.15) is 0 Å². The number of likely N-dealkylation sites (tertiary alicyclic amines) is 1. The second kappa shape index (κ2) is 6.84. The van der Waals surface area contributed by atoms with Crippen LogP contribution in [0.15, 0.2) is 36.4 Å². The largest absolute Gasteiger partial charge is 0.497 e. The number of ether oxygens (including phenoxy) is 2. The first-order valence-corrected chi connectivity index (χ1v) is 11.0. The molecule has 1 aromatic rings. The molecule has 30 heavy (non-hydrogen) atoms. The lowest BCUT2D eigenvalue weighted by atomic mass is 9.76. The van der Waals surface area contributed by atoms with Crippen molar-refractivity contribution in [2.45, 2.75) is 62.8 Å². The summed E-state index contributed by atoms with van der Waals surface area (Å²) < 4.78 is 11.7. The summed E-state index contributed by atoms with van der Waals surface area (Å²) in [6.45, 7) is 4.56. The van der Waals surface area contributed by atoms with Gasteiger partial charge in [-0.1, -0.05) is 37.1 Å². The molecule has 3 heterocycles. The van der Waals surface area contributed by atoms with Crippen LogP contribution in [-0.2, 0) is 19.9 Å². The fourth-order valence-electron chi connectivity index (χ4n) is 5.97. The van der Waals surface area contributed by atoms with Crippen LogP contribution in [0.2, 0.25) is 0 Å². The molecule has 2 amide bonds. The van der Waals surface area contributed by atoms with Crippen LogP contribution in [0, 0.1) is 11.8 Å². The minimum Gasteiger partial charge on any atom is -0.497 e. The van der Waals surface area contributed by atoms with Crippen molar-refractivity contribution in [1.82, 2.24) is 10.2 Å². The maximum Gasteiger partial charge on any atom is 0.230 e. The van der Waals surface area contributed by atoms with Crippen molar-refractivity contribution in [3.8, 4) is 5.75 Å². The molecule has 4 aliphatic rings. The van der Waals surface area contributed by atoms with E-state index in [0.29, 0.717) is 6.54 Å². The Hall–Kier alpha value is -2.34.